The first-order valence-electron chi connectivity index (χ1n) is 0.289. The molecule has 0 nitrogen and oxygen atoms in total. The van der Waals surface area contributed by atoms with E-state index in [0.717, 1.165) is 0 Å². The van der Waals surface area contributed by atoms with Crippen LogP contribution >= 0.6 is 54.4 Å². The fourth-order valence-corrected chi connectivity index (χ4v) is 0. The van der Waals surface area contributed by atoms with Crippen molar-refractivity contribution < 1.29 is 0 Å². The summed E-state index contributed by atoms with van der Waals surface area (Å²) in [6.07, 6.45) is 0. The van der Waals surface area contributed by atoms with Crippen molar-refractivity contribution in [2.75, 3.05) is 0 Å². The van der Waals surface area contributed by atoms with Crippen molar-refractivity contribution in [1.82, 2.24) is 0 Å². The van der Waals surface area contributed by atoms with Crippen LogP contribution in [0.15, 0.2) is 0 Å². The Labute approximate surface area is 65.9 Å². The van der Waals surface area contributed by atoms with Crippen LogP contribution in [-0.2, 0) is 11.8 Å². The van der Waals surface area contributed by atoms with Crippen LogP contribution in [-0.4, -0.2) is 0 Å². The van der Waals surface area contributed by atoms with E-state index in [0.29, 0.717) is 0 Å². The molecule has 0 aliphatic carbocycles. The molecule has 0 aromatic carbocycles. The van der Waals surface area contributed by atoms with E-state index in [1.54, 1.807) is 0 Å². The average Bonchev–Trinajstić information content (AvgIpc) is 1.00. The van der Waals surface area contributed by atoms with Gasteiger partial charge < -0.3 is 0 Å². The third kappa shape index (κ3) is 24.9. The molecule has 0 bridgehead atoms. The second kappa shape index (κ2) is 39.2. The van der Waals surface area contributed by atoms with Crippen LogP contribution in [0.1, 0.15) is 0 Å². The first-order valence-corrected chi connectivity index (χ1v) is 2.60. The van der Waals surface area contributed by atoms with Crippen molar-refractivity contribution in [3.8, 4) is 0 Å². The van der Waals surface area contributed by atoms with Gasteiger partial charge in [-0.3, -0.25) is 0 Å². The third-order valence-corrected chi connectivity index (χ3v) is 0. The molecule has 0 saturated heterocycles. The van der Waals surface area contributed by atoms with Gasteiger partial charge >= 0.3 is 0 Å². The highest BCUT2D eigenvalue weighted by atomic mass is 79.9. The molecule has 38 valence electrons. The molecule has 1 unspecified atom stereocenters. The molecule has 0 rings (SSSR count). The van der Waals surface area contributed by atoms with Gasteiger partial charge in [-0.1, -0.05) is 8.02 Å². The summed E-state index contributed by atoms with van der Waals surface area (Å²) in [5, 5.41) is 0. The summed E-state index contributed by atoms with van der Waals surface area (Å²) >= 11 is 4.11. The average molecular weight is 264 g/mol. The SMILES string of the molecule is Br.Br.Cl.[PH3]=S. The highest BCUT2D eigenvalue weighted by molar-refractivity contribution is 8.93. The van der Waals surface area contributed by atoms with E-state index < -0.39 is 0 Å². The second-order valence-electron chi connectivity index (χ2n) is 0. The van der Waals surface area contributed by atoms with Crippen molar-refractivity contribution in [3.63, 3.8) is 0 Å². The molecular weight excluding hydrogens is 258 g/mol. The maximum absolute atomic E-state index is 4.11. The molecule has 5 heteroatoms. The van der Waals surface area contributed by atoms with Crippen LogP contribution in [0.5, 0.6) is 0 Å². The van der Waals surface area contributed by atoms with Gasteiger partial charge in [0, 0.05) is 0 Å². The van der Waals surface area contributed by atoms with Gasteiger partial charge in [0.25, 0.3) is 0 Å². The number of hydrogen-bond donors (Lipinski definition) is 0. The Hall–Kier alpha value is 1.90. The van der Waals surface area contributed by atoms with Gasteiger partial charge in [-0.05, 0) is 0 Å². The topological polar surface area (TPSA) is 0 Å². The predicted molar refractivity (Wildman–Crippen MR) is 46.4 cm³/mol. The van der Waals surface area contributed by atoms with Gasteiger partial charge in [-0.2, -0.15) is 0 Å². The number of hydrogen-bond acceptors (Lipinski definition) is 1. The molecule has 5 heavy (non-hydrogen) atoms. The summed E-state index contributed by atoms with van der Waals surface area (Å²) in [6, 6.07) is 0. The Morgan fingerprint density at radius 3 is 1.00 bits per heavy atom. The number of halogens is 3. The van der Waals surface area contributed by atoms with Crippen molar-refractivity contribution in [2.45, 2.75) is 0 Å². The van der Waals surface area contributed by atoms with E-state index in [9.17, 15) is 0 Å². The smallest absolute Gasteiger partial charge is 0.0810 e. The van der Waals surface area contributed by atoms with Crippen LogP contribution in [0.2, 0.25) is 0 Å². The lowest BCUT2D eigenvalue weighted by atomic mass is 30.6. The van der Waals surface area contributed by atoms with E-state index in [1.165, 1.54) is 8.02 Å². The minimum atomic E-state index is 0. The molecule has 1 atom stereocenters. The zero-order chi connectivity index (χ0) is 2.00. The van der Waals surface area contributed by atoms with E-state index in [2.05, 4.69) is 11.8 Å². The summed E-state index contributed by atoms with van der Waals surface area (Å²) in [4.78, 5) is 0. The minimum Gasteiger partial charge on any atom is -0.147 e. The number of rotatable bonds is 0. The normalized spacial score (nSPS) is 1.60. The van der Waals surface area contributed by atoms with Gasteiger partial charge in [0.2, 0.25) is 0 Å². The van der Waals surface area contributed by atoms with Crippen molar-refractivity contribution in [1.29, 1.82) is 0 Å². The molecule has 0 aliphatic heterocycles. The molecule has 0 aromatic rings. The van der Waals surface area contributed by atoms with Gasteiger partial charge in [-0.25, -0.2) is 0 Å². The molecule has 0 saturated carbocycles. The lowest BCUT2D eigenvalue weighted by molar-refractivity contribution is 5.85. The van der Waals surface area contributed by atoms with Crippen LogP contribution in [0.25, 0.3) is 0 Å². The Balaban J connectivity index is -0.00000000167. The van der Waals surface area contributed by atoms with E-state index >= 15 is 0 Å². The Kier molecular flexibility index (Phi) is 224. The first-order chi connectivity index (χ1) is 1.00. The zero-order valence-electron chi connectivity index (χ0n) is 2.34. The molecule has 0 spiro atoms. The van der Waals surface area contributed by atoms with Gasteiger partial charge in [0.15, 0.2) is 0 Å². The quantitative estimate of drug-likeness (QED) is 0.599. The lowest BCUT2D eigenvalue weighted by Gasteiger charge is -0.802. The molecule has 0 aromatic heterocycles. The molecule has 0 aliphatic rings. The molecular formula is H6Br2ClPS. The Morgan fingerprint density at radius 2 is 1.00 bits per heavy atom. The summed E-state index contributed by atoms with van der Waals surface area (Å²) < 4.78 is 0. The molecule has 0 amide bonds. The van der Waals surface area contributed by atoms with E-state index in [4.69, 9.17) is 0 Å². The summed E-state index contributed by atoms with van der Waals surface area (Å²) in [7, 11) is 1.44. The molecule has 0 radical (unpaired) electrons. The summed E-state index contributed by atoms with van der Waals surface area (Å²) in [6.45, 7) is 0. The van der Waals surface area contributed by atoms with Crippen LogP contribution in [0.3, 0.4) is 0 Å². The summed E-state index contributed by atoms with van der Waals surface area (Å²) in [5.41, 5.74) is 0. The van der Waals surface area contributed by atoms with Gasteiger partial charge in [0.1, 0.15) is 0 Å². The maximum atomic E-state index is 4.11. The van der Waals surface area contributed by atoms with Crippen LogP contribution in [0, 0.1) is 0 Å². The zero-order valence-corrected chi connectivity index (χ0v) is 8.81. The largest absolute Gasteiger partial charge is 0.147 e. The van der Waals surface area contributed by atoms with Crippen molar-refractivity contribution >= 4 is 66.2 Å². The standard InChI is InChI=1S/2BrH.ClH.H3PS/c;;;1-2/h3*1H;1H3. The van der Waals surface area contributed by atoms with Gasteiger partial charge in [0.05, 0.1) is 0 Å². The van der Waals surface area contributed by atoms with Crippen LogP contribution in [0.4, 0.5) is 0 Å². The fourth-order valence-electron chi connectivity index (χ4n) is 0. The fraction of sp³-hybridized carbons (Fsp3) is 0. The minimum absolute atomic E-state index is 0. The third-order valence-electron chi connectivity index (χ3n) is 0. The maximum Gasteiger partial charge on any atom is -0.0810 e. The van der Waals surface area contributed by atoms with Crippen LogP contribution < -0.4 is 0 Å². The Bertz CT molecular complexity index is 9.61. The monoisotopic (exact) mass is 262 g/mol. The van der Waals surface area contributed by atoms with Gasteiger partial charge in [-0.15, -0.1) is 58.2 Å². The Morgan fingerprint density at radius 1 is 1.00 bits per heavy atom. The second-order valence-corrected chi connectivity index (χ2v) is 0. The first kappa shape index (κ1) is 28.6. The highest BCUT2D eigenvalue weighted by Crippen LogP contribution is 1.26. The van der Waals surface area contributed by atoms with E-state index in [1.807, 2.05) is 0 Å². The molecule has 0 N–H and O–H groups in total. The van der Waals surface area contributed by atoms with Crippen molar-refractivity contribution in [2.24, 2.45) is 0 Å². The molecule has 0 fully saturated rings. The van der Waals surface area contributed by atoms with Crippen molar-refractivity contribution in [3.05, 3.63) is 0 Å². The summed E-state index contributed by atoms with van der Waals surface area (Å²) in [5.74, 6) is 0. The molecule has 0 heterocycles. The predicted octanol–water partition coefficient (Wildman–Crippen LogP) is 1.63. The highest BCUT2D eigenvalue weighted by Gasteiger charge is 0.613. The van der Waals surface area contributed by atoms with E-state index in [-0.39, 0.29) is 46.4 Å². The lowest BCUT2D eigenvalue weighted by Crippen LogP contribution is -0.399.